The highest BCUT2D eigenvalue weighted by molar-refractivity contribution is 6.33. The topological polar surface area (TPSA) is 62.2 Å². The lowest BCUT2D eigenvalue weighted by Crippen LogP contribution is -1.89. The number of aliphatic imine (C=N–C) groups is 1. The molecule has 1 heterocycles. The van der Waals surface area contributed by atoms with Gasteiger partial charge in [0.25, 0.3) is 0 Å². The lowest BCUT2D eigenvalue weighted by molar-refractivity contribution is 0.395. The molecule has 0 bridgehead atoms. The van der Waals surface area contributed by atoms with E-state index in [-0.39, 0.29) is 0 Å². The predicted molar refractivity (Wildman–Crippen MR) is 95.0 cm³/mol. The fraction of sp³-hybridized carbons (Fsp3) is 0.0556. The molecule has 0 aliphatic carbocycles. The molecule has 0 aliphatic rings. The number of rotatable bonds is 4. The van der Waals surface area contributed by atoms with E-state index in [4.69, 9.17) is 27.7 Å². The summed E-state index contributed by atoms with van der Waals surface area (Å²) in [5.41, 5.74) is 2.24. The van der Waals surface area contributed by atoms with E-state index < -0.39 is 0 Å². The summed E-state index contributed by atoms with van der Waals surface area (Å²) in [5.74, 6) is 0.449. The maximum absolute atomic E-state index is 9.44. The normalized spacial score (nSPS) is 10.9. The maximum Gasteiger partial charge on any atom is 0.160 e. The molecule has 0 fully saturated rings. The molecule has 4 nitrogen and oxygen atoms in total. The van der Waals surface area contributed by atoms with Crippen molar-refractivity contribution < 1.29 is 4.52 Å². The number of nitriles is 1. The molecular formula is C18H11Cl2N3O. The first kappa shape index (κ1) is 16.3. The first-order valence-corrected chi connectivity index (χ1v) is 7.86. The van der Waals surface area contributed by atoms with E-state index in [0.29, 0.717) is 39.0 Å². The summed E-state index contributed by atoms with van der Waals surface area (Å²) in [5, 5.41) is 14.6. The maximum atomic E-state index is 9.44. The molecule has 1 aromatic heterocycles. The molecule has 0 unspecified atom stereocenters. The number of aromatic nitrogens is 1. The molecule has 0 amide bonds. The van der Waals surface area contributed by atoms with Gasteiger partial charge in [0, 0.05) is 23.2 Å². The summed E-state index contributed by atoms with van der Waals surface area (Å²) in [7, 11) is 0. The number of benzene rings is 2. The molecule has 24 heavy (non-hydrogen) atoms. The van der Waals surface area contributed by atoms with E-state index in [2.05, 4.69) is 16.2 Å². The van der Waals surface area contributed by atoms with Gasteiger partial charge in [-0.3, -0.25) is 4.99 Å². The van der Waals surface area contributed by atoms with Gasteiger partial charge in [-0.05, 0) is 30.3 Å². The Morgan fingerprint density at radius 3 is 2.58 bits per heavy atom. The van der Waals surface area contributed by atoms with Crippen LogP contribution in [0.5, 0.6) is 0 Å². The summed E-state index contributed by atoms with van der Waals surface area (Å²) < 4.78 is 5.31. The van der Waals surface area contributed by atoms with Crippen LogP contribution in [-0.4, -0.2) is 11.4 Å². The largest absolute Gasteiger partial charge is 0.359 e. The molecule has 118 valence electrons. The van der Waals surface area contributed by atoms with Gasteiger partial charge in [-0.15, -0.1) is 0 Å². The molecule has 0 spiro atoms. The monoisotopic (exact) mass is 355 g/mol. The minimum Gasteiger partial charge on any atom is -0.359 e. The van der Waals surface area contributed by atoms with Crippen LogP contribution in [0.3, 0.4) is 0 Å². The lowest BCUT2D eigenvalue weighted by Gasteiger charge is -1.99. The van der Waals surface area contributed by atoms with Crippen LogP contribution in [0.15, 0.2) is 58.0 Å². The van der Waals surface area contributed by atoms with E-state index in [1.807, 2.05) is 12.1 Å². The van der Waals surface area contributed by atoms with Gasteiger partial charge in [0.15, 0.2) is 5.76 Å². The zero-order valence-corrected chi connectivity index (χ0v) is 13.9. The lowest BCUT2D eigenvalue weighted by atomic mass is 10.1. The van der Waals surface area contributed by atoms with Crippen LogP contribution < -0.4 is 0 Å². The van der Waals surface area contributed by atoms with Crippen molar-refractivity contribution in [2.75, 3.05) is 0 Å². The van der Waals surface area contributed by atoms with Crippen molar-refractivity contribution >= 4 is 35.1 Å². The van der Waals surface area contributed by atoms with Gasteiger partial charge in [0.2, 0.25) is 0 Å². The quantitative estimate of drug-likeness (QED) is 0.583. The van der Waals surface area contributed by atoms with Crippen molar-refractivity contribution in [3.05, 3.63) is 69.9 Å². The smallest absolute Gasteiger partial charge is 0.160 e. The van der Waals surface area contributed by atoms with Crippen LogP contribution in [0.1, 0.15) is 11.3 Å². The van der Waals surface area contributed by atoms with Crippen LogP contribution in [0.4, 0.5) is 5.69 Å². The Balaban J connectivity index is 1.84. The van der Waals surface area contributed by atoms with Crippen LogP contribution in [0.25, 0.3) is 11.3 Å². The minimum atomic E-state index is 0.350. The zero-order chi connectivity index (χ0) is 16.9. The number of hydrogen-bond donors (Lipinski definition) is 0. The second-order valence-electron chi connectivity index (χ2n) is 4.91. The second kappa shape index (κ2) is 7.31. The standard InChI is InChI=1S/C18H11Cl2N3O/c19-12-5-7-13(8-6-12)22-10-9-17-15(11-21)18(23-24-17)14-3-1-2-4-16(14)20/h1-8,10H,9H2. The van der Waals surface area contributed by atoms with Gasteiger partial charge in [-0.25, -0.2) is 0 Å². The average Bonchev–Trinajstić information content (AvgIpc) is 3.00. The van der Waals surface area contributed by atoms with Gasteiger partial charge in [-0.1, -0.05) is 46.6 Å². The third-order valence-corrected chi connectivity index (χ3v) is 3.93. The van der Waals surface area contributed by atoms with Gasteiger partial charge < -0.3 is 4.52 Å². The predicted octanol–water partition coefficient (Wildman–Crippen LogP) is 5.47. The number of hydrogen-bond acceptors (Lipinski definition) is 4. The van der Waals surface area contributed by atoms with E-state index in [0.717, 1.165) is 5.69 Å². The van der Waals surface area contributed by atoms with Crippen LogP contribution in [0, 0.1) is 11.3 Å². The second-order valence-corrected chi connectivity index (χ2v) is 5.76. The molecule has 0 aliphatic heterocycles. The first-order chi connectivity index (χ1) is 11.7. The van der Waals surface area contributed by atoms with Gasteiger partial charge >= 0.3 is 0 Å². The Morgan fingerprint density at radius 1 is 1.12 bits per heavy atom. The number of halogens is 2. The third kappa shape index (κ3) is 3.48. The molecule has 0 atom stereocenters. The Bertz CT molecular complexity index is 924. The molecule has 2 aromatic carbocycles. The van der Waals surface area contributed by atoms with Crippen molar-refractivity contribution in [3.8, 4) is 17.3 Å². The highest BCUT2D eigenvalue weighted by Gasteiger charge is 2.18. The van der Waals surface area contributed by atoms with Gasteiger partial charge in [-0.2, -0.15) is 5.26 Å². The van der Waals surface area contributed by atoms with Crippen LogP contribution in [0.2, 0.25) is 10.0 Å². The molecule has 3 rings (SSSR count). The molecular weight excluding hydrogens is 345 g/mol. The highest BCUT2D eigenvalue weighted by Crippen LogP contribution is 2.30. The molecule has 0 saturated heterocycles. The Hall–Kier alpha value is -2.61. The molecule has 0 radical (unpaired) electrons. The Kier molecular flexibility index (Phi) is 4.95. The highest BCUT2D eigenvalue weighted by atomic mass is 35.5. The molecule has 0 N–H and O–H groups in total. The van der Waals surface area contributed by atoms with E-state index >= 15 is 0 Å². The van der Waals surface area contributed by atoms with Crippen LogP contribution >= 0.6 is 23.2 Å². The fourth-order valence-electron chi connectivity index (χ4n) is 2.18. The van der Waals surface area contributed by atoms with Gasteiger partial charge in [0.1, 0.15) is 17.3 Å². The van der Waals surface area contributed by atoms with Crippen LogP contribution in [-0.2, 0) is 6.42 Å². The van der Waals surface area contributed by atoms with E-state index in [9.17, 15) is 5.26 Å². The van der Waals surface area contributed by atoms with Crippen molar-refractivity contribution in [1.82, 2.24) is 5.16 Å². The average molecular weight is 356 g/mol. The minimum absolute atomic E-state index is 0.350. The summed E-state index contributed by atoms with van der Waals surface area (Å²) in [6.07, 6.45) is 2.02. The molecule has 3 aromatic rings. The molecule has 6 heteroatoms. The SMILES string of the molecule is N#Cc1c(-c2ccccc2Cl)noc1CC=Nc1ccc(Cl)cc1. The Labute approximate surface area is 149 Å². The van der Waals surface area contributed by atoms with Gasteiger partial charge in [0.05, 0.1) is 10.7 Å². The Morgan fingerprint density at radius 2 is 1.88 bits per heavy atom. The van der Waals surface area contributed by atoms with Crippen molar-refractivity contribution in [1.29, 1.82) is 5.26 Å². The van der Waals surface area contributed by atoms with Crippen molar-refractivity contribution in [3.63, 3.8) is 0 Å². The van der Waals surface area contributed by atoms with Crippen molar-refractivity contribution in [2.45, 2.75) is 6.42 Å². The zero-order valence-electron chi connectivity index (χ0n) is 12.4. The number of nitrogens with zero attached hydrogens (tertiary/aromatic N) is 3. The summed E-state index contributed by atoms with van der Waals surface area (Å²) in [4.78, 5) is 4.31. The molecule has 0 saturated carbocycles. The van der Waals surface area contributed by atoms with Crippen molar-refractivity contribution in [2.24, 2.45) is 4.99 Å². The third-order valence-electron chi connectivity index (χ3n) is 3.35. The van der Waals surface area contributed by atoms with E-state index in [1.165, 1.54) is 0 Å². The fourth-order valence-corrected chi connectivity index (χ4v) is 2.53. The van der Waals surface area contributed by atoms with E-state index in [1.54, 1.807) is 42.6 Å². The first-order valence-electron chi connectivity index (χ1n) is 7.10. The summed E-state index contributed by atoms with van der Waals surface area (Å²) >= 11 is 12.0. The summed E-state index contributed by atoms with van der Waals surface area (Å²) in [6.45, 7) is 0. The summed E-state index contributed by atoms with van der Waals surface area (Å²) in [6, 6.07) is 16.5.